The third kappa shape index (κ3) is 3.20. The molecule has 5 rings (SSSR count). The highest BCUT2D eigenvalue weighted by Gasteiger charge is 2.28. The van der Waals surface area contributed by atoms with E-state index < -0.39 is 0 Å². The quantitative estimate of drug-likeness (QED) is 0.699. The average molecular weight is 394 g/mol. The summed E-state index contributed by atoms with van der Waals surface area (Å²) < 4.78 is 15.7. The molecule has 148 valence electrons. The molecule has 0 bridgehead atoms. The van der Waals surface area contributed by atoms with Gasteiger partial charge in [-0.15, -0.1) is 0 Å². The van der Waals surface area contributed by atoms with E-state index in [0.717, 1.165) is 16.8 Å². The van der Waals surface area contributed by atoms with E-state index in [9.17, 15) is 9.59 Å². The molecule has 0 radical (unpaired) electrons. The van der Waals surface area contributed by atoms with Crippen LogP contribution in [-0.4, -0.2) is 40.2 Å². The van der Waals surface area contributed by atoms with Crippen molar-refractivity contribution in [1.82, 2.24) is 20.4 Å². The van der Waals surface area contributed by atoms with Gasteiger partial charge in [0.05, 0.1) is 18.4 Å². The largest absolute Gasteiger partial charge is 0.472 e. The summed E-state index contributed by atoms with van der Waals surface area (Å²) in [5, 5.41) is 9.99. The molecule has 2 aliphatic heterocycles. The first-order valence-corrected chi connectivity index (χ1v) is 9.23. The molecule has 1 aromatic carbocycles. The van der Waals surface area contributed by atoms with E-state index in [1.165, 1.54) is 12.5 Å². The average Bonchev–Trinajstić information content (AvgIpc) is 3.50. The van der Waals surface area contributed by atoms with Gasteiger partial charge in [-0.25, -0.2) is 0 Å². The number of H-pyrrole nitrogens is 1. The Labute approximate surface area is 165 Å². The highest BCUT2D eigenvalue weighted by atomic mass is 16.7. The van der Waals surface area contributed by atoms with Crippen molar-refractivity contribution in [1.29, 1.82) is 0 Å². The Hall–Kier alpha value is -3.75. The van der Waals surface area contributed by atoms with E-state index in [0.29, 0.717) is 48.8 Å². The molecule has 0 aliphatic carbocycles. The van der Waals surface area contributed by atoms with Crippen LogP contribution in [0.4, 0.5) is 0 Å². The number of carbonyl (C=O) groups is 2. The number of ether oxygens (including phenoxy) is 2. The third-order valence-corrected chi connectivity index (χ3v) is 5.09. The molecule has 9 heteroatoms. The minimum Gasteiger partial charge on any atom is -0.472 e. The number of nitrogens with zero attached hydrogens (tertiary/aromatic N) is 2. The number of aromatic nitrogens is 2. The Kier molecular flexibility index (Phi) is 4.19. The Morgan fingerprint density at radius 1 is 1.21 bits per heavy atom. The van der Waals surface area contributed by atoms with Crippen molar-refractivity contribution in [2.45, 2.75) is 19.5 Å². The highest BCUT2D eigenvalue weighted by molar-refractivity contribution is 5.96. The summed E-state index contributed by atoms with van der Waals surface area (Å²) >= 11 is 0. The van der Waals surface area contributed by atoms with E-state index >= 15 is 0 Å². The van der Waals surface area contributed by atoms with E-state index in [1.54, 1.807) is 11.0 Å². The van der Waals surface area contributed by atoms with Crippen molar-refractivity contribution >= 4 is 11.8 Å². The summed E-state index contributed by atoms with van der Waals surface area (Å²) in [7, 11) is 0. The molecule has 3 aromatic rings. The highest BCUT2D eigenvalue weighted by Crippen LogP contribution is 2.32. The molecule has 0 fully saturated rings. The van der Waals surface area contributed by atoms with Crippen LogP contribution in [0.5, 0.6) is 11.5 Å². The smallest absolute Gasteiger partial charge is 0.272 e. The molecule has 2 aliphatic rings. The summed E-state index contributed by atoms with van der Waals surface area (Å²) in [6.07, 6.45) is 3.50. The number of hydrogen-bond donors (Lipinski definition) is 2. The summed E-state index contributed by atoms with van der Waals surface area (Å²) in [6, 6.07) is 7.17. The predicted molar refractivity (Wildman–Crippen MR) is 99.5 cm³/mol. The maximum Gasteiger partial charge on any atom is 0.272 e. The van der Waals surface area contributed by atoms with Gasteiger partial charge in [-0.05, 0) is 23.8 Å². The first-order valence-electron chi connectivity index (χ1n) is 9.23. The van der Waals surface area contributed by atoms with Crippen LogP contribution < -0.4 is 14.8 Å². The zero-order chi connectivity index (χ0) is 19.8. The van der Waals surface area contributed by atoms with Gasteiger partial charge in [-0.2, -0.15) is 5.10 Å². The van der Waals surface area contributed by atoms with Crippen molar-refractivity contribution in [3.8, 4) is 11.5 Å². The molecule has 2 aromatic heterocycles. The minimum atomic E-state index is -0.294. The number of carbonyl (C=O) groups excluding carboxylic acids is 2. The summed E-state index contributed by atoms with van der Waals surface area (Å²) in [5.74, 6) is 0.946. The number of benzene rings is 1. The van der Waals surface area contributed by atoms with Gasteiger partial charge in [0.2, 0.25) is 6.79 Å². The molecule has 9 nitrogen and oxygen atoms in total. The van der Waals surface area contributed by atoms with Gasteiger partial charge < -0.3 is 24.1 Å². The molecule has 2 N–H and O–H groups in total. The summed E-state index contributed by atoms with van der Waals surface area (Å²) in [5.41, 5.74) is 3.32. The van der Waals surface area contributed by atoms with Gasteiger partial charge in [0.25, 0.3) is 11.8 Å². The Balaban J connectivity index is 1.28. The lowest BCUT2D eigenvalue weighted by Gasteiger charge is -2.26. The van der Waals surface area contributed by atoms with Crippen molar-refractivity contribution < 1.29 is 23.5 Å². The van der Waals surface area contributed by atoms with E-state index in [-0.39, 0.29) is 18.6 Å². The monoisotopic (exact) mass is 394 g/mol. The Bertz CT molecular complexity index is 1070. The van der Waals surface area contributed by atoms with Crippen molar-refractivity contribution in [3.05, 3.63) is 64.9 Å². The maximum absolute atomic E-state index is 12.7. The van der Waals surface area contributed by atoms with Crippen LogP contribution in [0.25, 0.3) is 0 Å². The zero-order valence-electron chi connectivity index (χ0n) is 15.4. The molecule has 0 saturated heterocycles. The fraction of sp³-hybridized carbons (Fsp3) is 0.250. The Morgan fingerprint density at radius 2 is 2.10 bits per heavy atom. The topological polar surface area (TPSA) is 110 Å². The molecule has 29 heavy (non-hydrogen) atoms. The van der Waals surface area contributed by atoms with Crippen LogP contribution in [0, 0.1) is 0 Å². The molecule has 0 spiro atoms. The lowest BCUT2D eigenvalue weighted by atomic mass is 10.0. The third-order valence-electron chi connectivity index (χ3n) is 5.09. The van der Waals surface area contributed by atoms with E-state index in [4.69, 9.17) is 13.9 Å². The van der Waals surface area contributed by atoms with Crippen molar-refractivity contribution in [3.63, 3.8) is 0 Å². The van der Waals surface area contributed by atoms with Gasteiger partial charge in [0, 0.05) is 30.8 Å². The van der Waals surface area contributed by atoms with Crippen LogP contribution in [-0.2, 0) is 19.5 Å². The number of amides is 2. The molecular weight excluding hydrogens is 376 g/mol. The maximum atomic E-state index is 12.7. The van der Waals surface area contributed by atoms with Crippen LogP contribution in [0.1, 0.15) is 37.7 Å². The van der Waals surface area contributed by atoms with Gasteiger partial charge >= 0.3 is 0 Å². The van der Waals surface area contributed by atoms with E-state index in [1.807, 2.05) is 18.2 Å². The second-order valence-corrected chi connectivity index (χ2v) is 6.89. The lowest BCUT2D eigenvalue weighted by molar-refractivity contribution is 0.0730. The first-order chi connectivity index (χ1) is 14.2. The molecule has 0 atom stereocenters. The fourth-order valence-electron chi connectivity index (χ4n) is 3.54. The van der Waals surface area contributed by atoms with Crippen molar-refractivity contribution in [2.75, 3.05) is 13.3 Å². The normalized spacial score (nSPS) is 14.6. The summed E-state index contributed by atoms with van der Waals surface area (Å²) in [4.78, 5) is 27.0. The number of furan rings is 1. The predicted octanol–water partition coefficient (Wildman–Crippen LogP) is 1.86. The fourth-order valence-corrected chi connectivity index (χ4v) is 3.54. The van der Waals surface area contributed by atoms with Gasteiger partial charge in [-0.3, -0.25) is 14.7 Å². The van der Waals surface area contributed by atoms with Crippen LogP contribution in [0.15, 0.2) is 41.2 Å². The molecule has 4 heterocycles. The second kappa shape index (κ2) is 7.01. The van der Waals surface area contributed by atoms with Crippen LogP contribution >= 0.6 is 0 Å². The zero-order valence-corrected chi connectivity index (χ0v) is 15.4. The van der Waals surface area contributed by atoms with Gasteiger partial charge in [-0.1, -0.05) is 6.07 Å². The van der Waals surface area contributed by atoms with Gasteiger partial charge in [0.15, 0.2) is 17.2 Å². The van der Waals surface area contributed by atoms with Gasteiger partial charge in [0.1, 0.15) is 6.26 Å². The lowest BCUT2D eigenvalue weighted by Crippen LogP contribution is -2.36. The SMILES string of the molecule is O=C(NCc1ccc2c(c1)OCO2)c1n[nH]c2c1CN(C(=O)c1ccoc1)CC2. The number of fused-ring (bicyclic) bond motifs is 2. The number of nitrogens with one attached hydrogen (secondary N) is 2. The standard InChI is InChI=1S/C20H18N4O5/c25-19(21-8-12-1-2-16-17(7-12)29-11-28-16)18-14-9-24(5-3-15(14)22-23-18)20(26)13-4-6-27-10-13/h1-2,4,6-7,10H,3,5,8-9,11H2,(H,21,25)(H,22,23). The van der Waals surface area contributed by atoms with Crippen LogP contribution in [0.2, 0.25) is 0 Å². The number of hydrogen-bond acceptors (Lipinski definition) is 6. The molecular formula is C20H18N4O5. The Morgan fingerprint density at radius 3 is 2.97 bits per heavy atom. The van der Waals surface area contributed by atoms with Crippen LogP contribution in [0.3, 0.4) is 0 Å². The second-order valence-electron chi connectivity index (χ2n) is 6.89. The minimum absolute atomic E-state index is 0.127. The van der Waals surface area contributed by atoms with Crippen molar-refractivity contribution in [2.24, 2.45) is 0 Å². The first kappa shape index (κ1) is 17.4. The number of aromatic amines is 1. The summed E-state index contributed by atoms with van der Waals surface area (Å²) in [6.45, 7) is 1.41. The number of rotatable bonds is 4. The molecule has 0 saturated carbocycles. The van der Waals surface area contributed by atoms with E-state index in [2.05, 4.69) is 15.5 Å². The molecule has 0 unspecified atom stereocenters. The molecule has 2 amide bonds.